The summed E-state index contributed by atoms with van der Waals surface area (Å²) in [6.07, 6.45) is 3.70. The van der Waals surface area contributed by atoms with E-state index >= 15 is 0 Å². The molecule has 1 N–H and O–H groups in total. The molecule has 0 spiro atoms. The molecule has 0 radical (unpaired) electrons. The minimum Gasteiger partial charge on any atom is -0.497 e. The fourth-order valence-electron chi connectivity index (χ4n) is 5.18. The molecule has 4 amide bonds. The van der Waals surface area contributed by atoms with Gasteiger partial charge in [-0.25, -0.2) is 14.8 Å². The molecule has 3 fully saturated rings. The van der Waals surface area contributed by atoms with Crippen molar-refractivity contribution in [3.8, 4) is 5.75 Å². The van der Waals surface area contributed by atoms with E-state index in [1.807, 2.05) is 24.3 Å². The molecular weight excluding hydrogens is 450 g/mol. The van der Waals surface area contributed by atoms with Crippen molar-refractivity contribution in [3.05, 3.63) is 29.8 Å². The number of unbranched alkanes of at least 4 members (excludes halogenated alkanes) is 1. The molecule has 35 heavy (non-hydrogen) atoms. The normalized spacial score (nSPS) is 25.1. The molecule has 1 aromatic rings. The van der Waals surface area contributed by atoms with E-state index < -0.39 is 12.2 Å². The first-order valence-corrected chi connectivity index (χ1v) is 12.6. The lowest BCUT2D eigenvalue weighted by Gasteiger charge is -2.54. The molecule has 10 nitrogen and oxygen atoms in total. The van der Waals surface area contributed by atoms with Crippen molar-refractivity contribution in [2.75, 3.05) is 40.4 Å². The van der Waals surface area contributed by atoms with Gasteiger partial charge in [-0.2, -0.15) is 0 Å². The number of likely N-dealkylation sites (N-methyl/N-ethyl adjacent to an activating group) is 1. The van der Waals surface area contributed by atoms with E-state index in [9.17, 15) is 14.4 Å². The van der Waals surface area contributed by atoms with E-state index in [-0.39, 0.29) is 37.0 Å². The molecule has 0 aromatic heterocycles. The Kier molecular flexibility index (Phi) is 8.12. The number of rotatable bonds is 8. The number of benzene rings is 1. The van der Waals surface area contributed by atoms with Crippen LogP contribution in [0.4, 0.5) is 4.79 Å². The van der Waals surface area contributed by atoms with Crippen LogP contribution < -0.4 is 10.1 Å². The number of hydrazine groups is 1. The van der Waals surface area contributed by atoms with Gasteiger partial charge in [-0.1, -0.05) is 31.9 Å². The van der Waals surface area contributed by atoms with Gasteiger partial charge in [0.15, 0.2) is 0 Å². The molecule has 1 aromatic carbocycles. The Hall–Kier alpha value is -2.85. The lowest BCUT2D eigenvalue weighted by molar-refractivity contribution is -0.188. The summed E-state index contributed by atoms with van der Waals surface area (Å²) in [7, 11) is 3.35. The minimum absolute atomic E-state index is 0.00620. The maximum atomic E-state index is 13.5. The molecule has 3 heterocycles. The number of ether oxygens (including phenoxy) is 2. The summed E-state index contributed by atoms with van der Waals surface area (Å²) in [6.45, 7) is 3.93. The van der Waals surface area contributed by atoms with Gasteiger partial charge in [0.25, 0.3) is 0 Å². The van der Waals surface area contributed by atoms with Crippen LogP contribution in [0.5, 0.6) is 5.75 Å². The molecular formula is C25H37N5O5. The number of nitrogens with one attached hydrogen (secondary N) is 1. The van der Waals surface area contributed by atoms with E-state index in [4.69, 9.17) is 9.47 Å². The SMILES string of the molecule is CCCC[C@H]1C(=O)N(CC2CCCO2)C[C@H]2N1C(=O)CN(C)N2C(=O)NCc1ccc(OC)cc1. The monoisotopic (exact) mass is 487 g/mol. The molecule has 192 valence electrons. The van der Waals surface area contributed by atoms with Crippen molar-refractivity contribution < 1.29 is 23.9 Å². The summed E-state index contributed by atoms with van der Waals surface area (Å²) < 4.78 is 11.0. The lowest BCUT2D eigenvalue weighted by atomic mass is 10.0. The van der Waals surface area contributed by atoms with Gasteiger partial charge in [-0.05, 0) is 37.0 Å². The van der Waals surface area contributed by atoms with Gasteiger partial charge < -0.3 is 24.6 Å². The predicted molar refractivity (Wildman–Crippen MR) is 129 cm³/mol. The second kappa shape index (κ2) is 11.3. The quantitative estimate of drug-likeness (QED) is 0.601. The van der Waals surface area contributed by atoms with E-state index in [1.54, 1.807) is 34.0 Å². The fraction of sp³-hybridized carbons (Fsp3) is 0.640. The average molecular weight is 488 g/mol. The molecule has 3 aliphatic rings. The van der Waals surface area contributed by atoms with Gasteiger partial charge in [0.2, 0.25) is 11.8 Å². The number of nitrogens with zero attached hydrogens (tertiary/aromatic N) is 4. The highest BCUT2D eigenvalue weighted by atomic mass is 16.5. The second-order valence-electron chi connectivity index (χ2n) is 9.49. The van der Waals surface area contributed by atoms with E-state index in [0.717, 1.165) is 37.0 Å². The summed E-state index contributed by atoms with van der Waals surface area (Å²) in [5.41, 5.74) is 0.936. The van der Waals surface area contributed by atoms with Crippen LogP contribution in [0, 0.1) is 0 Å². The summed E-state index contributed by atoms with van der Waals surface area (Å²) in [4.78, 5) is 43.5. The van der Waals surface area contributed by atoms with Crippen LogP contribution in [0.2, 0.25) is 0 Å². The lowest BCUT2D eigenvalue weighted by Crippen LogP contribution is -2.76. The van der Waals surface area contributed by atoms with Gasteiger partial charge in [0.05, 0.1) is 26.3 Å². The molecule has 1 unspecified atom stereocenters. The number of hydrogen-bond donors (Lipinski definition) is 1. The molecule has 4 rings (SSSR count). The largest absolute Gasteiger partial charge is 0.497 e. The zero-order chi connectivity index (χ0) is 24.9. The maximum absolute atomic E-state index is 13.5. The number of urea groups is 1. The van der Waals surface area contributed by atoms with Crippen LogP contribution in [0.25, 0.3) is 0 Å². The van der Waals surface area contributed by atoms with Gasteiger partial charge in [0, 0.05) is 26.7 Å². The Morgan fingerprint density at radius 1 is 1.23 bits per heavy atom. The second-order valence-corrected chi connectivity index (χ2v) is 9.49. The fourth-order valence-corrected chi connectivity index (χ4v) is 5.18. The number of amides is 4. The number of carbonyl (C=O) groups is 3. The molecule has 3 atom stereocenters. The topological polar surface area (TPSA) is 94.7 Å². The predicted octanol–water partition coefficient (Wildman–Crippen LogP) is 1.80. The highest BCUT2D eigenvalue weighted by molar-refractivity contribution is 5.91. The number of fused-ring (bicyclic) bond motifs is 1. The number of methoxy groups -OCH3 is 1. The van der Waals surface area contributed by atoms with Gasteiger partial charge in [0.1, 0.15) is 18.0 Å². The zero-order valence-electron chi connectivity index (χ0n) is 20.9. The van der Waals surface area contributed by atoms with Crippen LogP contribution >= 0.6 is 0 Å². The number of piperazine rings is 1. The van der Waals surface area contributed by atoms with Crippen LogP contribution in [0.1, 0.15) is 44.6 Å². The van der Waals surface area contributed by atoms with Crippen molar-refractivity contribution in [2.45, 2.75) is 63.9 Å². The Balaban J connectivity index is 1.53. The summed E-state index contributed by atoms with van der Waals surface area (Å²) in [6, 6.07) is 6.64. The molecule has 3 aliphatic heterocycles. The van der Waals surface area contributed by atoms with Gasteiger partial charge >= 0.3 is 6.03 Å². The molecule has 0 aliphatic carbocycles. The first-order valence-electron chi connectivity index (χ1n) is 12.6. The molecule has 0 bridgehead atoms. The van der Waals surface area contributed by atoms with Crippen molar-refractivity contribution in [2.24, 2.45) is 0 Å². The van der Waals surface area contributed by atoms with Gasteiger partial charge in [-0.3, -0.25) is 9.59 Å². The summed E-state index contributed by atoms with van der Waals surface area (Å²) >= 11 is 0. The Morgan fingerprint density at radius 3 is 2.66 bits per heavy atom. The minimum atomic E-state index is -0.562. The van der Waals surface area contributed by atoms with Crippen LogP contribution in [-0.4, -0.2) is 96.4 Å². The highest BCUT2D eigenvalue weighted by Crippen LogP contribution is 2.29. The summed E-state index contributed by atoms with van der Waals surface area (Å²) in [5, 5.41) is 6.23. The average Bonchev–Trinajstić information content (AvgIpc) is 3.36. The van der Waals surface area contributed by atoms with Crippen molar-refractivity contribution in [1.29, 1.82) is 0 Å². The van der Waals surface area contributed by atoms with E-state index in [2.05, 4.69) is 12.2 Å². The molecule has 0 saturated carbocycles. The standard InChI is InChI=1S/C25H37N5O5/c1-4-5-8-21-24(32)28(15-20-7-6-13-35-20)16-22-29(21)23(31)17-27(2)30(22)25(33)26-14-18-9-11-19(34-3)12-10-18/h9-12,20-22H,4-8,13-17H2,1-3H3,(H,26,33)/t20?,21-,22-/m0/s1. The van der Waals surface area contributed by atoms with Gasteiger partial charge in [-0.15, -0.1) is 0 Å². The van der Waals surface area contributed by atoms with Crippen molar-refractivity contribution in [1.82, 2.24) is 25.1 Å². The molecule has 10 heteroatoms. The summed E-state index contributed by atoms with van der Waals surface area (Å²) in [5.74, 6) is 0.589. The van der Waals surface area contributed by atoms with Crippen LogP contribution in [0.3, 0.4) is 0 Å². The third-order valence-electron chi connectivity index (χ3n) is 7.03. The molecule has 3 saturated heterocycles. The van der Waals surface area contributed by atoms with E-state index in [1.165, 1.54) is 0 Å². The number of hydrogen-bond acceptors (Lipinski definition) is 6. The van der Waals surface area contributed by atoms with Crippen LogP contribution in [-0.2, 0) is 20.9 Å². The Labute approximate surface area is 207 Å². The Bertz CT molecular complexity index is 904. The van der Waals surface area contributed by atoms with E-state index in [0.29, 0.717) is 26.1 Å². The third kappa shape index (κ3) is 5.54. The highest BCUT2D eigenvalue weighted by Gasteiger charge is 2.50. The smallest absolute Gasteiger partial charge is 0.334 e. The number of carbonyl (C=O) groups excluding carboxylic acids is 3. The van der Waals surface area contributed by atoms with Crippen molar-refractivity contribution in [3.63, 3.8) is 0 Å². The zero-order valence-corrected chi connectivity index (χ0v) is 20.9. The first kappa shape index (κ1) is 25.2. The maximum Gasteiger partial charge on any atom is 0.334 e. The Morgan fingerprint density at radius 2 is 2.00 bits per heavy atom. The third-order valence-corrected chi connectivity index (χ3v) is 7.03. The van der Waals surface area contributed by atoms with Crippen molar-refractivity contribution >= 4 is 17.8 Å². The van der Waals surface area contributed by atoms with Crippen LogP contribution in [0.15, 0.2) is 24.3 Å². The first-order chi connectivity index (χ1) is 16.9.